The Morgan fingerprint density at radius 1 is 1.10 bits per heavy atom. The molecule has 0 aliphatic heterocycles. The number of hydrogen-bond donors (Lipinski definition) is 2. The summed E-state index contributed by atoms with van der Waals surface area (Å²) in [5, 5.41) is 3.38. The van der Waals surface area contributed by atoms with E-state index in [1.165, 1.54) is 5.56 Å². The molecular formula is C17H22N2O. The largest absolute Gasteiger partial charge is 0.494 e. The lowest BCUT2D eigenvalue weighted by Gasteiger charge is -2.12. The molecule has 0 fully saturated rings. The van der Waals surface area contributed by atoms with Gasteiger partial charge in [0.15, 0.2) is 0 Å². The van der Waals surface area contributed by atoms with Gasteiger partial charge in [0, 0.05) is 29.2 Å². The third-order valence-corrected chi connectivity index (χ3v) is 3.08. The van der Waals surface area contributed by atoms with Crippen molar-refractivity contribution in [1.29, 1.82) is 0 Å². The van der Waals surface area contributed by atoms with Crippen molar-refractivity contribution in [1.82, 2.24) is 0 Å². The van der Waals surface area contributed by atoms with Gasteiger partial charge in [0.25, 0.3) is 0 Å². The highest BCUT2D eigenvalue weighted by molar-refractivity contribution is 5.66. The Labute approximate surface area is 120 Å². The van der Waals surface area contributed by atoms with Gasteiger partial charge >= 0.3 is 0 Å². The second-order valence-corrected chi connectivity index (χ2v) is 5.13. The summed E-state index contributed by atoms with van der Waals surface area (Å²) in [5.74, 6) is 1.30. The number of nitrogen functional groups attached to an aromatic ring is 1. The van der Waals surface area contributed by atoms with Crippen LogP contribution in [0.3, 0.4) is 0 Å². The van der Waals surface area contributed by atoms with Gasteiger partial charge in [-0.3, -0.25) is 0 Å². The summed E-state index contributed by atoms with van der Waals surface area (Å²) in [7, 11) is 0. The molecular weight excluding hydrogens is 248 g/mol. The predicted octanol–water partition coefficient (Wildman–Crippen LogP) is 4.53. The molecule has 0 bridgehead atoms. The van der Waals surface area contributed by atoms with Gasteiger partial charge in [-0.1, -0.05) is 26.0 Å². The van der Waals surface area contributed by atoms with E-state index in [1.807, 2.05) is 25.1 Å². The Kier molecular flexibility index (Phi) is 4.51. The minimum absolute atomic E-state index is 0.511. The highest BCUT2D eigenvalue weighted by atomic mass is 16.5. The quantitative estimate of drug-likeness (QED) is 0.784. The number of nitrogens with two attached hydrogens (primary N) is 1. The molecule has 0 saturated carbocycles. The highest BCUT2D eigenvalue weighted by Gasteiger charge is 2.03. The van der Waals surface area contributed by atoms with E-state index in [1.54, 1.807) is 0 Å². The maximum Gasteiger partial charge on any atom is 0.123 e. The number of benzene rings is 2. The van der Waals surface area contributed by atoms with E-state index in [-0.39, 0.29) is 0 Å². The van der Waals surface area contributed by atoms with Crippen molar-refractivity contribution in [2.45, 2.75) is 26.7 Å². The van der Waals surface area contributed by atoms with Crippen LogP contribution in [0.25, 0.3) is 0 Å². The zero-order valence-electron chi connectivity index (χ0n) is 12.3. The molecule has 2 aromatic rings. The zero-order chi connectivity index (χ0) is 14.5. The molecule has 0 atom stereocenters. The lowest BCUT2D eigenvalue weighted by atomic mass is 10.0. The lowest BCUT2D eigenvalue weighted by molar-refractivity contribution is 0.340. The van der Waals surface area contributed by atoms with E-state index in [0.29, 0.717) is 18.2 Å². The number of hydrogen-bond acceptors (Lipinski definition) is 3. The summed E-state index contributed by atoms with van der Waals surface area (Å²) < 4.78 is 5.51. The molecule has 0 unspecified atom stereocenters. The maximum atomic E-state index is 5.90. The zero-order valence-corrected chi connectivity index (χ0v) is 12.3. The average Bonchev–Trinajstić information content (AvgIpc) is 2.38. The molecule has 0 heterocycles. The van der Waals surface area contributed by atoms with Crippen molar-refractivity contribution in [3.8, 4) is 5.75 Å². The number of rotatable bonds is 5. The summed E-state index contributed by atoms with van der Waals surface area (Å²) in [6, 6.07) is 14.1. The van der Waals surface area contributed by atoms with E-state index in [4.69, 9.17) is 10.5 Å². The van der Waals surface area contributed by atoms with Gasteiger partial charge in [0.1, 0.15) is 5.75 Å². The van der Waals surface area contributed by atoms with E-state index >= 15 is 0 Å². The normalized spacial score (nSPS) is 10.6. The van der Waals surface area contributed by atoms with Crippen LogP contribution in [0.5, 0.6) is 5.75 Å². The van der Waals surface area contributed by atoms with Crippen LogP contribution < -0.4 is 15.8 Å². The predicted molar refractivity (Wildman–Crippen MR) is 85.8 cm³/mol. The van der Waals surface area contributed by atoms with Crippen molar-refractivity contribution < 1.29 is 4.74 Å². The number of nitrogens with one attached hydrogen (secondary N) is 1. The molecule has 0 aliphatic rings. The second kappa shape index (κ2) is 6.33. The van der Waals surface area contributed by atoms with E-state index in [0.717, 1.165) is 17.1 Å². The third kappa shape index (κ3) is 3.67. The molecule has 0 aliphatic carbocycles. The van der Waals surface area contributed by atoms with Crippen LogP contribution in [0.4, 0.5) is 17.1 Å². The first-order chi connectivity index (χ1) is 9.58. The summed E-state index contributed by atoms with van der Waals surface area (Å²) in [6.45, 7) is 6.97. The smallest absolute Gasteiger partial charge is 0.123 e. The highest BCUT2D eigenvalue weighted by Crippen LogP contribution is 2.27. The van der Waals surface area contributed by atoms with Crippen LogP contribution in [-0.4, -0.2) is 6.61 Å². The van der Waals surface area contributed by atoms with Crippen molar-refractivity contribution in [2.75, 3.05) is 17.7 Å². The van der Waals surface area contributed by atoms with Crippen LogP contribution in [0.2, 0.25) is 0 Å². The van der Waals surface area contributed by atoms with Crippen LogP contribution in [0.15, 0.2) is 42.5 Å². The third-order valence-electron chi connectivity index (χ3n) is 3.08. The molecule has 0 amide bonds. The first-order valence-electron chi connectivity index (χ1n) is 6.99. The minimum Gasteiger partial charge on any atom is -0.494 e. The minimum atomic E-state index is 0.511. The van der Waals surface area contributed by atoms with E-state index in [2.05, 4.69) is 43.4 Å². The van der Waals surface area contributed by atoms with E-state index < -0.39 is 0 Å². The summed E-state index contributed by atoms with van der Waals surface area (Å²) in [6.07, 6.45) is 0. The molecule has 3 heteroatoms. The van der Waals surface area contributed by atoms with Gasteiger partial charge in [0.2, 0.25) is 0 Å². The van der Waals surface area contributed by atoms with Crippen molar-refractivity contribution in [3.05, 3.63) is 48.0 Å². The molecule has 20 heavy (non-hydrogen) atoms. The van der Waals surface area contributed by atoms with Crippen molar-refractivity contribution in [3.63, 3.8) is 0 Å². The molecule has 0 saturated heterocycles. The first-order valence-corrected chi connectivity index (χ1v) is 6.99. The summed E-state index contributed by atoms with van der Waals surface area (Å²) in [5.41, 5.74) is 9.90. The van der Waals surface area contributed by atoms with Crippen LogP contribution in [0, 0.1) is 0 Å². The van der Waals surface area contributed by atoms with Gasteiger partial charge in [-0.05, 0) is 36.6 Å². The first kappa shape index (κ1) is 14.3. The molecule has 3 nitrogen and oxygen atoms in total. The monoisotopic (exact) mass is 270 g/mol. The topological polar surface area (TPSA) is 47.3 Å². The second-order valence-electron chi connectivity index (χ2n) is 5.13. The Balaban J connectivity index is 2.23. The summed E-state index contributed by atoms with van der Waals surface area (Å²) in [4.78, 5) is 0. The fraction of sp³-hybridized carbons (Fsp3) is 0.294. The van der Waals surface area contributed by atoms with Gasteiger partial charge in [-0.2, -0.15) is 0 Å². The fourth-order valence-corrected chi connectivity index (χ4v) is 2.09. The van der Waals surface area contributed by atoms with Gasteiger partial charge in [-0.15, -0.1) is 0 Å². The molecule has 106 valence electrons. The fourth-order valence-electron chi connectivity index (χ4n) is 2.09. The molecule has 3 N–H and O–H groups in total. The molecule has 2 aromatic carbocycles. The molecule has 0 radical (unpaired) electrons. The lowest BCUT2D eigenvalue weighted by Crippen LogP contribution is -1.97. The maximum absolute atomic E-state index is 5.90. The van der Waals surface area contributed by atoms with Crippen LogP contribution in [0.1, 0.15) is 32.3 Å². The number of ether oxygens (including phenoxy) is 1. The van der Waals surface area contributed by atoms with Gasteiger partial charge in [-0.25, -0.2) is 0 Å². The van der Waals surface area contributed by atoms with Crippen LogP contribution >= 0.6 is 0 Å². The SMILES string of the molecule is CCOc1cc(N)cc(Nc2cccc(C(C)C)c2)c1. The Morgan fingerprint density at radius 2 is 1.90 bits per heavy atom. The Morgan fingerprint density at radius 3 is 2.60 bits per heavy atom. The summed E-state index contributed by atoms with van der Waals surface area (Å²) >= 11 is 0. The van der Waals surface area contributed by atoms with Gasteiger partial charge < -0.3 is 15.8 Å². The van der Waals surface area contributed by atoms with Crippen molar-refractivity contribution in [2.24, 2.45) is 0 Å². The Hall–Kier alpha value is -2.16. The van der Waals surface area contributed by atoms with Gasteiger partial charge in [0.05, 0.1) is 6.61 Å². The van der Waals surface area contributed by atoms with Crippen LogP contribution in [-0.2, 0) is 0 Å². The van der Waals surface area contributed by atoms with Crippen molar-refractivity contribution >= 4 is 17.1 Å². The number of anilines is 3. The molecule has 0 spiro atoms. The Bertz CT molecular complexity index is 579. The van der Waals surface area contributed by atoms with E-state index in [9.17, 15) is 0 Å². The molecule has 0 aromatic heterocycles. The average molecular weight is 270 g/mol. The standard InChI is InChI=1S/C17H22N2O/c1-4-20-17-10-14(18)9-16(11-17)19-15-7-5-6-13(8-15)12(2)3/h5-12,19H,4,18H2,1-3H3. The molecule has 2 rings (SSSR count).